The van der Waals surface area contributed by atoms with Crippen LogP contribution in [0.25, 0.3) is 0 Å². The number of rotatable bonds is 7. The molecule has 0 saturated carbocycles. The third kappa shape index (κ3) is 4.77. The Kier molecular flexibility index (Phi) is 6.89. The van der Waals surface area contributed by atoms with Crippen molar-refractivity contribution in [3.63, 3.8) is 0 Å². The molecule has 0 radical (unpaired) electrons. The van der Waals surface area contributed by atoms with Crippen molar-refractivity contribution in [3.05, 3.63) is 71.5 Å². The van der Waals surface area contributed by atoms with Crippen molar-refractivity contribution in [2.45, 2.75) is 30.0 Å². The molecule has 3 rings (SSSR count). The van der Waals surface area contributed by atoms with Crippen LogP contribution in [0.2, 0.25) is 0 Å². The van der Waals surface area contributed by atoms with E-state index in [1.807, 2.05) is 36.4 Å². The molecular formula is C21H25FN4O2S. The highest BCUT2D eigenvalue weighted by molar-refractivity contribution is 8.00. The lowest BCUT2D eigenvalue weighted by Gasteiger charge is -2.37. The summed E-state index contributed by atoms with van der Waals surface area (Å²) in [5, 5.41) is 3.82. The zero-order chi connectivity index (χ0) is 20.9. The van der Waals surface area contributed by atoms with E-state index in [9.17, 15) is 14.0 Å². The number of thioether (sulfide) groups is 1. The molecule has 0 aliphatic carbocycles. The number of nitrogens with zero attached hydrogens (tertiary/aromatic N) is 1. The summed E-state index contributed by atoms with van der Waals surface area (Å²) in [4.78, 5) is 23.7. The number of benzene rings is 2. The van der Waals surface area contributed by atoms with Crippen LogP contribution in [0.3, 0.4) is 0 Å². The quantitative estimate of drug-likeness (QED) is 0.646. The van der Waals surface area contributed by atoms with Crippen LogP contribution >= 0.6 is 11.8 Å². The van der Waals surface area contributed by atoms with Crippen molar-refractivity contribution in [2.75, 3.05) is 13.1 Å². The Hall–Kier alpha value is -2.42. The molecule has 2 aromatic rings. The van der Waals surface area contributed by atoms with Crippen molar-refractivity contribution in [1.82, 2.24) is 15.8 Å². The first-order valence-electron chi connectivity index (χ1n) is 9.49. The maximum atomic E-state index is 13.8. The lowest BCUT2D eigenvalue weighted by atomic mass is 10.00. The third-order valence-corrected chi connectivity index (χ3v) is 6.38. The van der Waals surface area contributed by atoms with Crippen LogP contribution < -0.4 is 16.5 Å². The van der Waals surface area contributed by atoms with Crippen molar-refractivity contribution in [1.29, 1.82) is 0 Å². The van der Waals surface area contributed by atoms with E-state index >= 15 is 0 Å². The van der Waals surface area contributed by atoms with Crippen molar-refractivity contribution in [3.8, 4) is 0 Å². The molecule has 4 N–H and O–H groups in total. The van der Waals surface area contributed by atoms with Gasteiger partial charge in [-0.3, -0.25) is 14.6 Å². The topological polar surface area (TPSA) is 87.5 Å². The van der Waals surface area contributed by atoms with Gasteiger partial charge in [0.25, 0.3) is 5.91 Å². The molecule has 0 spiro atoms. The molecule has 1 saturated heterocycles. The molecule has 2 aromatic carbocycles. The van der Waals surface area contributed by atoms with Crippen LogP contribution in [0.1, 0.15) is 36.3 Å². The Morgan fingerprint density at radius 3 is 2.66 bits per heavy atom. The Bertz CT molecular complexity index is 867. The minimum Gasteiger partial charge on any atom is -0.347 e. The molecule has 0 bridgehead atoms. The normalized spacial score (nSPS) is 21.2. The van der Waals surface area contributed by atoms with E-state index in [0.717, 1.165) is 11.1 Å². The van der Waals surface area contributed by atoms with Crippen molar-refractivity contribution < 1.29 is 14.0 Å². The molecule has 1 aliphatic heterocycles. The van der Waals surface area contributed by atoms with Crippen molar-refractivity contribution >= 4 is 23.6 Å². The molecule has 8 heteroatoms. The molecule has 2 unspecified atom stereocenters. The minimum absolute atomic E-state index is 0.129. The Morgan fingerprint density at radius 1 is 1.24 bits per heavy atom. The summed E-state index contributed by atoms with van der Waals surface area (Å²) < 4.78 is 13.8. The number of hydrogen-bond donors (Lipinski definition) is 3. The first-order valence-corrected chi connectivity index (χ1v) is 10.4. The molecule has 1 fully saturated rings. The fourth-order valence-electron chi connectivity index (χ4n) is 3.41. The van der Waals surface area contributed by atoms with Gasteiger partial charge in [0.05, 0.1) is 11.9 Å². The number of amides is 2. The number of halogens is 1. The number of carbonyl (C=O) groups is 2. The largest absolute Gasteiger partial charge is 0.347 e. The maximum Gasteiger partial charge on any atom is 0.257 e. The first kappa shape index (κ1) is 21.3. The fraction of sp³-hybridized carbons (Fsp3) is 0.333. The van der Waals surface area contributed by atoms with Gasteiger partial charge in [-0.1, -0.05) is 42.5 Å². The average molecular weight is 417 g/mol. The number of nitrogens with one attached hydrogen (secondary N) is 2. The van der Waals surface area contributed by atoms with E-state index in [0.29, 0.717) is 19.4 Å². The maximum absolute atomic E-state index is 13.8. The molecule has 0 aromatic heterocycles. The van der Waals surface area contributed by atoms with Crippen molar-refractivity contribution in [2.24, 2.45) is 5.73 Å². The molecule has 154 valence electrons. The summed E-state index contributed by atoms with van der Waals surface area (Å²) >= 11 is 1.54. The summed E-state index contributed by atoms with van der Waals surface area (Å²) in [5.41, 5.74) is 10.7. The second kappa shape index (κ2) is 9.39. The third-order valence-electron chi connectivity index (χ3n) is 4.75. The highest BCUT2D eigenvalue weighted by Crippen LogP contribution is 2.54. The van der Waals surface area contributed by atoms with Crippen LogP contribution in [-0.4, -0.2) is 29.9 Å². The molecule has 6 nitrogen and oxygen atoms in total. The number of carbonyl (C=O) groups excluding carboxylic acids is 2. The van der Waals surface area contributed by atoms with Gasteiger partial charge in [0, 0.05) is 6.92 Å². The summed E-state index contributed by atoms with van der Waals surface area (Å²) in [6.07, 6.45) is 1.31. The van der Waals surface area contributed by atoms with E-state index in [2.05, 4.69) is 10.7 Å². The van der Waals surface area contributed by atoms with E-state index in [-0.39, 0.29) is 29.6 Å². The Labute approximate surface area is 174 Å². The average Bonchev–Trinajstić information content (AvgIpc) is 3.12. The zero-order valence-electron chi connectivity index (χ0n) is 16.2. The van der Waals surface area contributed by atoms with Crippen LogP contribution in [0.15, 0.2) is 54.6 Å². The van der Waals surface area contributed by atoms with Gasteiger partial charge < -0.3 is 11.1 Å². The van der Waals surface area contributed by atoms with E-state index in [4.69, 9.17) is 5.73 Å². The number of hydrazine groups is 1. The minimum atomic E-state index is -0.729. The van der Waals surface area contributed by atoms with E-state index < -0.39 is 4.87 Å². The van der Waals surface area contributed by atoms with Gasteiger partial charge in [-0.25, -0.2) is 9.82 Å². The van der Waals surface area contributed by atoms with Gasteiger partial charge in [-0.05, 0) is 42.6 Å². The van der Waals surface area contributed by atoms with Gasteiger partial charge >= 0.3 is 0 Å². The monoisotopic (exact) mass is 416 g/mol. The molecule has 1 heterocycles. The summed E-state index contributed by atoms with van der Waals surface area (Å²) in [5.74, 6) is -0.883. The van der Waals surface area contributed by atoms with Crippen LogP contribution in [-0.2, 0) is 14.5 Å². The fourth-order valence-corrected chi connectivity index (χ4v) is 5.04. The van der Waals surface area contributed by atoms with Crippen LogP contribution in [0.5, 0.6) is 0 Å². The lowest BCUT2D eigenvalue weighted by Crippen LogP contribution is -2.52. The van der Waals surface area contributed by atoms with Gasteiger partial charge in [0.15, 0.2) is 0 Å². The molecule has 1 aliphatic rings. The Morgan fingerprint density at radius 2 is 2.00 bits per heavy atom. The second-order valence-electron chi connectivity index (χ2n) is 6.86. The van der Waals surface area contributed by atoms with Crippen LogP contribution in [0.4, 0.5) is 4.39 Å². The predicted molar refractivity (Wildman–Crippen MR) is 112 cm³/mol. The highest BCUT2D eigenvalue weighted by atomic mass is 32.2. The number of nitrogens with two attached hydrogens (primary N) is 1. The zero-order valence-corrected chi connectivity index (χ0v) is 17.0. The molecule has 2 amide bonds. The van der Waals surface area contributed by atoms with E-state index in [1.165, 1.54) is 19.1 Å². The standard InChI is InChI=1S/C21H25FN4O2S/c1-15(27)24-14-19(28)26-21(11-6-12-23,17-8-3-2-4-9-17)29-20(25-26)16-7-5-10-18(22)13-16/h2-5,7-10,13,20,25H,6,11-12,14,23H2,1H3,(H,24,27). The summed E-state index contributed by atoms with van der Waals surface area (Å²) in [6, 6.07) is 16.0. The summed E-state index contributed by atoms with van der Waals surface area (Å²) in [6.45, 7) is 1.72. The lowest BCUT2D eigenvalue weighted by molar-refractivity contribution is -0.139. The highest BCUT2D eigenvalue weighted by Gasteiger charge is 2.50. The molecular weight excluding hydrogens is 391 g/mol. The van der Waals surface area contributed by atoms with Gasteiger partial charge in [-0.2, -0.15) is 0 Å². The summed E-state index contributed by atoms with van der Waals surface area (Å²) in [7, 11) is 0. The SMILES string of the molecule is CC(=O)NCC(=O)N1NC(c2cccc(F)c2)SC1(CCCN)c1ccccc1. The van der Waals surface area contributed by atoms with Gasteiger partial charge in [-0.15, -0.1) is 11.8 Å². The first-order chi connectivity index (χ1) is 14.0. The molecule has 29 heavy (non-hydrogen) atoms. The number of hydrogen-bond acceptors (Lipinski definition) is 5. The second-order valence-corrected chi connectivity index (χ2v) is 8.25. The Balaban J connectivity index is 2.01. The van der Waals surface area contributed by atoms with Gasteiger partial charge in [0.1, 0.15) is 10.7 Å². The smallest absolute Gasteiger partial charge is 0.257 e. The molecule has 2 atom stereocenters. The predicted octanol–water partition coefficient (Wildman–Crippen LogP) is 2.63. The van der Waals surface area contributed by atoms with E-state index in [1.54, 1.807) is 22.8 Å². The van der Waals surface area contributed by atoms with Crippen LogP contribution in [0, 0.1) is 5.82 Å². The van der Waals surface area contributed by atoms with Gasteiger partial charge in [0.2, 0.25) is 5.91 Å².